The summed E-state index contributed by atoms with van der Waals surface area (Å²) >= 11 is 3.04. The van der Waals surface area contributed by atoms with E-state index in [1.807, 2.05) is 13.8 Å². The fourth-order valence-corrected chi connectivity index (χ4v) is 6.69. The fraction of sp³-hybridized carbons (Fsp3) is 0.806. The molecule has 0 aromatic carbocycles. The molecule has 1 heterocycles. The van der Waals surface area contributed by atoms with E-state index in [0.29, 0.717) is 64.8 Å². The lowest BCUT2D eigenvalue weighted by Gasteiger charge is -2.42. The van der Waals surface area contributed by atoms with Crippen molar-refractivity contribution in [3.63, 3.8) is 0 Å². The molecule has 1 aliphatic rings. The number of hydrogen-bond acceptors (Lipinski definition) is 12. The maximum Gasteiger partial charge on any atom is 0.280 e. The van der Waals surface area contributed by atoms with Crippen molar-refractivity contribution in [1.82, 2.24) is 5.32 Å². The molecular formula is C31H52N2O10S2. The number of rotatable bonds is 26. The van der Waals surface area contributed by atoms with Crippen LogP contribution in [-0.4, -0.2) is 114 Å². The summed E-state index contributed by atoms with van der Waals surface area (Å²) in [6.45, 7) is 17.5. The van der Waals surface area contributed by atoms with Gasteiger partial charge in [0.15, 0.2) is 12.1 Å². The summed E-state index contributed by atoms with van der Waals surface area (Å²) in [5, 5.41) is 32.2. The third-order valence-corrected chi connectivity index (χ3v) is 9.18. The maximum absolute atomic E-state index is 12.2. The predicted octanol–water partition coefficient (Wildman–Crippen LogP) is 3.22. The number of aliphatic hydroxyl groups is 3. The Morgan fingerprint density at radius 1 is 0.978 bits per heavy atom. The molecule has 1 unspecified atom stereocenters. The van der Waals surface area contributed by atoms with Gasteiger partial charge in [-0.2, -0.15) is 0 Å². The molecule has 0 saturated carbocycles. The number of aliphatic hydroxyl groups excluding tert-OH is 3. The summed E-state index contributed by atoms with van der Waals surface area (Å²) in [7, 11) is 0. The first kappa shape index (κ1) is 41.5. The summed E-state index contributed by atoms with van der Waals surface area (Å²) in [5.41, 5.74) is 0. The Morgan fingerprint density at radius 3 is 2.33 bits per heavy atom. The minimum Gasteiger partial charge on any atom is -0.394 e. The summed E-state index contributed by atoms with van der Waals surface area (Å²) in [6.07, 6.45) is 0.496. The van der Waals surface area contributed by atoms with Crippen LogP contribution >= 0.6 is 23.5 Å². The average molecular weight is 677 g/mol. The van der Waals surface area contributed by atoms with Crippen molar-refractivity contribution in [2.45, 2.75) is 114 Å². The Hall–Kier alpha value is -1.54. The standard InChI is InChI=1S/C31H52N2O10S2/c1-6-44-23(3)45-31(4,32-5)15-14-24(36)13-11-16-40-18-19-41-21-25(37)12-9-7-8-10-17-42-30-27(33-22(2)35)29(39)28(38)26(20-34)43-30/h26-30,34,38-39H,3,6-21H2,1-2,4H3,(H,33,35)/t26-,27-,28+,29-,30-,31?/m1/s1. The van der Waals surface area contributed by atoms with E-state index in [1.165, 1.54) is 18.7 Å². The summed E-state index contributed by atoms with van der Waals surface area (Å²) in [5.74, 6) is 0.614. The van der Waals surface area contributed by atoms with Gasteiger partial charge in [0, 0.05) is 57.0 Å². The number of thioether (sulfide) groups is 2. The van der Waals surface area contributed by atoms with Crippen LogP contribution < -0.4 is 5.32 Å². The molecule has 1 saturated heterocycles. The molecule has 0 aromatic heterocycles. The van der Waals surface area contributed by atoms with E-state index in [0.717, 1.165) is 22.8 Å². The van der Waals surface area contributed by atoms with E-state index in [2.05, 4.69) is 16.7 Å². The Bertz CT molecular complexity index is 950. The van der Waals surface area contributed by atoms with Crippen LogP contribution in [0.15, 0.2) is 10.8 Å². The van der Waals surface area contributed by atoms with Crippen LogP contribution in [0.4, 0.5) is 0 Å². The Morgan fingerprint density at radius 2 is 1.67 bits per heavy atom. The molecule has 0 bridgehead atoms. The molecule has 258 valence electrons. The number of nitrogens with zero attached hydrogens (tertiary/aromatic N) is 1. The minimum absolute atomic E-state index is 0.00892. The molecule has 4 N–H and O–H groups in total. The molecule has 45 heavy (non-hydrogen) atoms. The number of ketones is 2. The number of hydrogen-bond donors (Lipinski definition) is 4. The smallest absolute Gasteiger partial charge is 0.280 e. The second-order valence-corrected chi connectivity index (χ2v) is 14.2. The molecule has 1 amide bonds. The summed E-state index contributed by atoms with van der Waals surface area (Å²) in [4.78, 5) is 38.8. The van der Waals surface area contributed by atoms with E-state index in [1.54, 1.807) is 11.8 Å². The van der Waals surface area contributed by atoms with Gasteiger partial charge < -0.3 is 39.6 Å². The molecule has 1 aliphatic heterocycles. The lowest BCUT2D eigenvalue weighted by Crippen LogP contribution is -2.64. The van der Waals surface area contributed by atoms with Crippen molar-refractivity contribution >= 4 is 41.0 Å². The van der Waals surface area contributed by atoms with Crippen LogP contribution in [0.2, 0.25) is 0 Å². The van der Waals surface area contributed by atoms with Crippen LogP contribution in [0.5, 0.6) is 0 Å². The third kappa shape index (κ3) is 17.8. The monoisotopic (exact) mass is 676 g/mol. The van der Waals surface area contributed by atoms with Crippen LogP contribution in [0.3, 0.4) is 0 Å². The zero-order chi connectivity index (χ0) is 33.7. The average Bonchev–Trinajstić information content (AvgIpc) is 3.00. The highest BCUT2D eigenvalue weighted by Gasteiger charge is 2.45. The Balaban J connectivity index is 2.06. The molecule has 1 rings (SSSR count). The first-order chi connectivity index (χ1) is 21.5. The van der Waals surface area contributed by atoms with Gasteiger partial charge in [0.25, 0.3) is 4.87 Å². The van der Waals surface area contributed by atoms with E-state index >= 15 is 0 Å². The molecule has 12 nitrogen and oxygen atoms in total. The topological polar surface area (TPSA) is 165 Å². The van der Waals surface area contributed by atoms with Crippen LogP contribution in [0.1, 0.15) is 78.6 Å². The highest BCUT2D eigenvalue weighted by atomic mass is 32.2. The highest BCUT2D eigenvalue weighted by molar-refractivity contribution is 8.22. The number of nitrogens with one attached hydrogen (secondary N) is 1. The van der Waals surface area contributed by atoms with Crippen molar-refractivity contribution in [1.29, 1.82) is 0 Å². The molecule has 6 atom stereocenters. The lowest BCUT2D eigenvalue weighted by molar-refractivity contribution is -0.270. The molecule has 0 aliphatic carbocycles. The second kappa shape index (κ2) is 23.7. The first-order valence-electron chi connectivity index (χ1n) is 15.6. The number of carbonyl (C=O) groups excluding carboxylic acids is 3. The molecule has 0 aromatic rings. The molecule has 14 heteroatoms. The minimum atomic E-state index is -1.35. The van der Waals surface area contributed by atoms with Crippen molar-refractivity contribution < 1.29 is 48.7 Å². The quantitative estimate of drug-likeness (QED) is 0.0782. The SMILES string of the molecule is [C-]#[N+]C(C)(CCC(=O)CCCOCCOCC(=O)CCCCCCO[C@@H]1O[C@H](CO)[C@H](O)[C@H](O)[C@H]1NC(C)=O)SC(=C)SCC. The molecule has 0 spiro atoms. The number of carbonyl (C=O) groups is 3. The van der Waals surface area contributed by atoms with Crippen LogP contribution in [0, 0.1) is 6.57 Å². The number of amides is 1. The Kier molecular flexibility index (Phi) is 21.9. The molecule has 0 radical (unpaired) electrons. The van der Waals surface area contributed by atoms with Crippen molar-refractivity contribution in [2.24, 2.45) is 0 Å². The van der Waals surface area contributed by atoms with E-state index < -0.39 is 48.0 Å². The van der Waals surface area contributed by atoms with Gasteiger partial charge >= 0.3 is 0 Å². The largest absolute Gasteiger partial charge is 0.394 e. The van der Waals surface area contributed by atoms with Gasteiger partial charge in [0.2, 0.25) is 5.91 Å². The second-order valence-electron chi connectivity index (χ2n) is 11.0. The van der Waals surface area contributed by atoms with E-state index in [9.17, 15) is 29.7 Å². The van der Waals surface area contributed by atoms with Gasteiger partial charge in [-0.05, 0) is 36.8 Å². The van der Waals surface area contributed by atoms with Gasteiger partial charge in [-0.25, -0.2) is 6.57 Å². The first-order valence-corrected chi connectivity index (χ1v) is 17.4. The van der Waals surface area contributed by atoms with E-state index in [4.69, 9.17) is 25.5 Å². The molecular weight excluding hydrogens is 624 g/mol. The van der Waals surface area contributed by atoms with Gasteiger partial charge in [-0.15, -0.1) is 11.8 Å². The Labute approximate surface area is 276 Å². The van der Waals surface area contributed by atoms with Crippen molar-refractivity contribution in [3.05, 3.63) is 22.2 Å². The number of Topliss-reactive ketones (excluding diaryl/α,β-unsaturated/α-hetero) is 2. The lowest BCUT2D eigenvalue weighted by atomic mass is 9.97. The van der Waals surface area contributed by atoms with Gasteiger partial charge in [0.1, 0.15) is 36.7 Å². The van der Waals surface area contributed by atoms with Gasteiger partial charge in [-0.1, -0.05) is 26.3 Å². The van der Waals surface area contributed by atoms with E-state index in [-0.39, 0.29) is 24.8 Å². The maximum atomic E-state index is 12.2. The molecule has 1 fully saturated rings. The number of unbranched alkanes of at least 4 members (excludes halogenated alkanes) is 3. The normalized spacial score (nSPS) is 22.7. The van der Waals surface area contributed by atoms with Gasteiger partial charge in [0.05, 0.1) is 19.8 Å². The van der Waals surface area contributed by atoms with Crippen LogP contribution in [-0.2, 0) is 33.3 Å². The van der Waals surface area contributed by atoms with Crippen LogP contribution in [0.25, 0.3) is 4.85 Å². The fourth-order valence-electron chi connectivity index (χ4n) is 4.50. The number of ether oxygens (including phenoxy) is 4. The predicted molar refractivity (Wildman–Crippen MR) is 174 cm³/mol. The zero-order valence-electron chi connectivity index (χ0n) is 26.9. The van der Waals surface area contributed by atoms with Crippen molar-refractivity contribution in [3.8, 4) is 0 Å². The summed E-state index contributed by atoms with van der Waals surface area (Å²) in [6, 6.07) is -0.961. The third-order valence-electron chi connectivity index (χ3n) is 7.01. The summed E-state index contributed by atoms with van der Waals surface area (Å²) < 4.78 is 23.0. The van der Waals surface area contributed by atoms with Gasteiger partial charge in [-0.3, -0.25) is 19.2 Å². The zero-order valence-corrected chi connectivity index (χ0v) is 28.5. The van der Waals surface area contributed by atoms with Crippen molar-refractivity contribution in [2.75, 3.05) is 45.4 Å². The highest BCUT2D eigenvalue weighted by Crippen LogP contribution is 2.41.